The number of nitrogens with one attached hydrogen (secondary N) is 1. The Balaban J connectivity index is 1.77. The standard InChI is InChI=1S/C15H24N2O/c1-13-5-10-18-14(13)11-17-9-8-16-12-15(17)6-3-2-4-7-15/h5,10,16H,2-4,6-9,11-12H2,1H3. The van der Waals surface area contributed by atoms with Crippen molar-refractivity contribution < 1.29 is 4.42 Å². The molecule has 0 bridgehead atoms. The van der Waals surface area contributed by atoms with Gasteiger partial charge in [-0.15, -0.1) is 0 Å². The first-order valence-electron chi connectivity index (χ1n) is 7.29. The molecule has 1 aliphatic carbocycles. The van der Waals surface area contributed by atoms with E-state index >= 15 is 0 Å². The van der Waals surface area contributed by atoms with Gasteiger partial charge in [0, 0.05) is 25.2 Å². The van der Waals surface area contributed by atoms with Gasteiger partial charge in [0.2, 0.25) is 0 Å². The predicted molar refractivity (Wildman–Crippen MR) is 72.5 cm³/mol. The lowest BCUT2D eigenvalue weighted by atomic mass is 9.79. The van der Waals surface area contributed by atoms with Crippen molar-refractivity contribution in [3.8, 4) is 0 Å². The maximum absolute atomic E-state index is 5.64. The van der Waals surface area contributed by atoms with E-state index in [1.54, 1.807) is 0 Å². The van der Waals surface area contributed by atoms with Gasteiger partial charge in [-0.1, -0.05) is 19.3 Å². The van der Waals surface area contributed by atoms with Crippen molar-refractivity contribution in [2.75, 3.05) is 19.6 Å². The van der Waals surface area contributed by atoms with Crippen molar-refractivity contribution in [3.63, 3.8) is 0 Å². The van der Waals surface area contributed by atoms with Crippen LogP contribution in [0, 0.1) is 6.92 Å². The minimum absolute atomic E-state index is 0.399. The minimum Gasteiger partial charge on any atom is -0.468 e. The Kier molecular flexibility index (Phi) is 3.44. The molecule has 0 radical (unpaired) electrons. The van der Waals surface area contributed by atoms with E-state index < -0.39 is 0 Å². The average Bonchev–Trinajstić information content (AvgIpc) is 2.79. The monoisotopic (exact) mass is 248 g/mol. The van der Waals surface area contributed by atoms with Crippen LogP contribution in [-0.2, 0) is 6.54 Å². The molecule has 1 saturated heterocycles. The molecule has 0 atom stereocenters. The van der Waals surface area contributed by atoms with Crippen LogP contribution in [0.4, 0.5) is 0 Å². The van der Waals surface area contributed by atoms with Crippen LogP contribution in [0.2, 0.25) is 0 Å². The fraction of sp³-hybridized carbons (Fsp3) is 0.733. The first kappa shape index (κ1) is 12.2. The third-order valence-electron chi connectivity index (χ3n) is 4.77. The molecule has 3 rings (SSSR count). The summed E-state index contributed by atoms with van der Waals surface area (Å²) in [5.74, 6) is 1.15. The highest BCUT2D eigenvalue weighted by atomic mass is 16.3. The molecule has 1 aromatic heterocycles. The Bertz CT molecular complexity index is 385. The highest BCUT2D eigenvalue weighted by Crippen LogP contribution is 2.35. The highest BCUT2D eigenvalue weighted by Gasteiger charge is 2.39. The lowest BCUT2D eigenvalue weighted by Crippen LogP contribution is -2.61. The van der Waals surface area contributed by atoms with Gasteiger partial charge in [0.05, 0.1) is 12.8 Å². The Morgan fingerprint density at radius 2 is 2.17 bits per heavy atom. The van der Waals surface area contributed by atoms with Crippen LogP contribution < -0.4 is 5.32 Å². The zero-order valence-electron chi connectivity index (χ0n) is 11.4. The van der Waals surface area contributed by atoms with Gasteiger partial charge in [-0.3, -0.25) is 4.90 Å². The normalized spacial score (nSPS) is 24.5. The van der Waals surface area contributed by atoms with Crippen molar-refractivity contribution in [2.45, 2.75) is 51.1 Å². The highest BCUT2D eigenvalue weighted by molar-refractivity contribution is 5.15. The van der Waals surface area contributed by atoms with E-state index in [2.05, 4.69) is 23.2 Å². The average molecular weight is 248 g/mol. The number of hydrogen-bond acceptors (Lipinski definition) is 3. The Morgan fingerprint density at radius 1 is 1.33 bits per heavy atom. The molecule has 0 unspecified atom stereocenters. The van der Waals surface area contributed by atoms with Crippen LogP contribution in [-0.4, -0.2) is 30.1 Å². The van der Waals surface area contributed by atoms with E-state index in [9.17, 15) is 0 Å². The summed E-state index contributed by atoms with van der Waals surface area (Å²) in [6, 6.07) is 2.07. The summed E-state index contributed by atoms with van der Waals surface area (Å²) >= 11 is 0. The molecule has 18 heavy (non-hydrogen) atoms. The van der Waals surface area contributed by atoms with Gasteiger partial charge in [-0.25, -0.2) is 0 Å². The molecule has 0 amide bonds. The maximum atomic E-state index is 5.64. The third kappa shape index (κ3) is 2.21. The van der Waals surface area contributed by atoms with Crippen LogP contribution in [0.25, 0.3) is 0 Å². The summed E-state index contributed by atoms with van der Waals surface area (Å²) in [6.07, 6.45) is 8.69. The molecule has 2 aliphatic rings. The summed E-state index contributed by atoms with van der Waals surface area (Å²) in [5, 5.41) is 3.60. The summed E-state index contributed by atoms with van der Waals surface area (Å²) < 4.78 is 5.64. The second-order valence-electron chi connectivity index (χ2n) is 5.91. The SMILES string of the molecule is Cc1ccoc1CN1CCNCC12CCCCC2. The number of piperazine rings is 1. The van der Waals surface area contributed by atoms with E-state index in [-0.39, 0.29) is 0 Å². The molecule has 1 spiro atoms. The van der Waals surface area contributed by atoms with Gasteiger partial charge in [-0.2, -0.15) is 0 Å². The Hall–Kier alpha value is -0.800. The quantitative estimate of drug-likeness (QED) is 0.872. The lowest BCUT2D eigenvalue weighted by molar-refractivity contribution is 0.0159. The van der Waals surface area contributed by atoms with Gasteiger partial charge in [0.15, 0.2) is 0 Å². The van der Waals surface area contributed by atoms with Gasteiger partial charge in [0.25, 0.3) is 0 Å². The first-order valence-corrected chi connectivity index (χ1v) is 7.29. The maximum Gasteiger partial charge on any atom is 0.120 e. The number of furan rings is 1. The van der Waals surface area contributed by atoms with Crippen molar-refractivity contribution in [1.82, 2.24) is 10.2 Å². The number of hydrogen-bond donors (Lipinski definition) is 1. The fourth-order valence-corrected chi connectivity index (χ4v) is 3.57. The van der Waals surface area contributed by atoms with Gasteiger partial charge < -0.3 is 9.73 Å². The second-order valence-corrected chi connectivity index (χ2v) is 5.91. The number of aryl methyl sites for hydroxylation is 1. The Morgan fingerprint density at radius 3 is 2.89 bits per heavy atom. The first-order chi connectivity index (χ1) is 8.80. The van der Waals surface area contributed by atoms with E-state index in [0.717, 1.165) is 31.9 Å². The molecule has 2 fully saturated rings. The third-order valence-corrected chi connectivity index (χ3v) is 4.77. The van der Waals surface area contributed by atoms with Crippen LogP contribution in [0.1, 0.15) is 43.4 Å². The minimum atomic E-state index is 0.399. The van der Waals surface area contributed by atoms with Crippen molar-refractivity contribution in [2.24, 2.45) is 0 Å². The summed E-state index contributed by atoms with van der Waals surface area (Å²) in [7, 11) is 0. The molecular weight excluding hydrogens is 224 g/mol. The summed E-state index contributed by atoms with van der Waals surface area (Å²) in [4.78, 5) is 2.68. The molecule has 1 aromatic rings. The van der Waals surface area contributed by atoms with Gasteiger partial charge >= 0.3 is 0 Å². The molecule has 1 N–H and O–H groups in total. The molecule has 100 valence electrons. The van der Waals surface area contributed by atoms with Crippen LogP contribution in [0.15, 0.2) is 16.7 Å². The van der Waals surface area contributed by atoms with E-state index in [0.29, 0.717) is 5.54 Å². The van der Waals surface area contributed by atoms with Crippen LogP contribution in [0.3, 0.4) is 0 Å². The summed E-state index contributed by atoms with van der Waals surface area (Å²) in [5.41, 5.74) is 1.69. The second kappa shape index (κ2) is 5.06. The van der Waals surface area contributed by atoms with E-state index in [1.807, 2.05) is 6.26 Å². The molecule has 2 heterocycles. The lowest BCUT2D eigenvalue weighted by Gasteiger charge is -2.49. The molecule has 1 aliphatic heterocycles. The van der Waals surface area contributed by atoms with Gasteiger partial charge in [-0.05, 0) is 31.4 Å². The fourth-order valence-electron chi connectivity index (χ4n) is 3.57. The smallest absolute Gasteiger partial charge is 0.120 e. The molecule has 3 nitrogen and oxygen atoms in total. The molecule has 0 aromatic carbocycles. The Labute approximate surface area is 110 Å². The van der Waals surface area contributed by atoms with Gasteiger partial charge in [0.1, 0.15) is 5.76 Å². The van der Waals surface area contributed by atoms with E-state index in [1.165, 1.54) is 37.7 Å². The van der Waals surface area contributed by atoms with Crippen molar-refractivity contribution in [1.29, 1.82) is 0 Å². The molecule has 1 saturated carbocycles. The van der Waals surface area contributed by atoms with Crippen LogP contribution in [0.5, 0.6) is 0 Å². The predicted octanol–water partition coefficient (Wildman–Crippen LogP) is 2.70. The van der Waals surface area contributed by atoms with Crippen LogP contribution >= 0.6 is 0 Å². The zero-order valence-corrected chi connectivity index (χ0v) is 11.4. The molecule has 3 heteroatoms. The largest absolute Gasteiger partial charge is 0.468 e. The number of rotatable bonds is 2. The van der Waals surface area contributed by atoms with Crippen molar-refractivity contribution in [3.05, 3.63) is 23.7 Å². The van der Waals surface area contributed by atoms with E-state index in [4.69, 9.17) is 4.42 Å². The molecular formula is C15H24N2O. The zero-order chi connectivity index (χ0) is 12.4. The summed E-state index contributed by atoms with van der Waals surface area (Å²) in [6.45, 7) is 6.56. The number of nitrogens with zero attached hydrogens (tertiary/aromatic N) is 1. The van der Waals surface area contributed by atoms with Crippen molar-refractivity contribution >= 4 is 0 Å². The topological polar surface area (TPSA) is 28.4 Å².